The van der Waals surface area contributed by atoms with Crippen LogP contribution in [0.5, 0.6) is 0 Å². The number of aromatic nitrogens is 1. The fourth-order valence-corrected chi connectivity index (χ4v) is 14.0. The SMILES string of the molecule is c1ccc(-c2ccc(-c3ccc4c5c(cccc35)-c3cc(-c5ccc(C67CC8CC9C%10CC(CC96)CC7C%10C8)cc5)ccc3-4)c(-c3ccccc3)n2)cc1. The molecule has 8 aliphatic rings. The van der Waals surface area contributed by atoms with Gasteiger partial charge in [0.25, 0.3) is 0 Å². The highest BCUT2D eigenvalue weighted by molar-refractivity contribution is 6.19. The number of benzene rings is 6. The average molecular weight is 694 g/mol. The van der Waals surface area contributed by atoms with Crippen molar-refractivity contribution in [2.45, 2.75) is 43.9 Å². The maximum absolute atomic E-state index is 5.32. The van der Waals surface area contributed by atoms with Gasteiger partial charge in [-0.2, -0.15) is 0 Å². The molecule has 0 N–H and O–H groups in total. The Hall–Kier alpha value is -5.27. The molecule has 1 heterocycles. The van der Waals surface area contributed by atoms with Gasteiger partial charge in [-0.25, -0.2) is 4.98 Å². The van der Waals surface area contributed by atoms with E-state index in [1.165, 1.54) is 74.5 Å². The van der Waals surface area contributed by atoms with E-state index in [-0.39, 0.29) is 0 Å². The number of rotatable bonds is 5. The number of pyridine rings is 1. The van der Waals surface area contributed by atoms with Gasteiger partial charge in [-0.3, -0.25) is 0 Å². The molecule has 4 atom stereocenters. The molecule has 4 unspecified atom stereocenters. The standard InChI is InChI=1S/C53H43N/c1-3-8-34(9-4-1)50-23-22-43(52(54-50)35-10-5-2-6-11-35)38-20-21-42-39-19-16-36(29-45(39)41-13-7-12-40(38)51(41)42)33-14-17-37(18-15-33)53-30-32-25-46-44-24-31(27-48(46)53)28-49(53)47(44)26-32/h1-23,29,31-32,44,46-49H,24-28,30H2. The maximum Gasteiger partial charge on any atom is 0.0788 e. The molecule has 0 aliphatic heterocycles. The predicted octanol–water partition coefficient (Wildman–Crippen LogP) is 13.5. The van der Waals surface area contributed by atoms with Gasteiger partial charge in [-0.05, 0) is 153 Å². The summed E-state index contributed by atoms with van der Waals surface area (Å²) in [6, 6.07) is 54.6. The van der Waals surface area contributed by atoms with Crippen molar-refractivity contribution < 1.29 is 0 Å². The summed E-state index contributed by atoms with van der Waals surface area (Å²) in [5.74, 6) is 7.01. The smallest absolute Gasteiger partial charge is 0.0788 e. The normalized spacial score (nSPS) is 28.9. The van der Waals surface area contributed by atoms with Gasteiger partial charge < -0.3 is 0 Å². The third-order valence-corrected chi connectivity index (χ3v) is 15.8. The molecule has 0 saturated heterocycles. The Morgan fingerprint density at radius 2 is 1.07 bits per heavy atom. The molecule has 6 aromatic carbocycles. The van der Waals surface area contributed by atoms with Crippen molar-refractivity contribution in [1.82, 2.24) is 4.98 Å². The Bertz CT molecular complexity index is 2630. The Morgan fingerprint density at radius 1 is 0.426 bits per heavy atom. The minimum absolute atomic E-state index is 0.465. The van der Waals surface area contributed by atoms with Gasteiger partial charge >= 0.3 is 0 Å². The van der Waals surface area contributed by atoms with Crippen LogP contribution in [0.15, 0.2) is 146 Å². The number of hydrogen-bond donors (Lipinski definition) is 0. The molecule has 7 saturated carbocycles. The van der Waals surface area contributed by atoms with E-state index in [4.69, 9.17) is 4.98 Å². The molecular formula is C53H43N. The van der Waals surface area contributed by atoms with E-state index in [9.17, 15) is 0 Å². The summed E-state index contributed by atoms with van der Waals surface area (Å²) in [5.41, 5.74) is 16.9. The Kier molecular flexibility index (Phi) is 6.08. The molecule has 0 radical (unpaired) electrons. The molecule has 8 aliphatic carbocycles. The van der Waals surface area contributed by atoms with Gasteiger partial charge in [-0.15, -0.1) is 0 Å². The van der Waals surface area contributed by atoms with Crippen LogP contribution in [-0.2, 0) is 5.41 Å². The summed E-state index contributed by atoms with van der Waals surface area (Å²) in [6.07, 6.45) is 9.15. The van der Waals surface area contributed by atoms with E-state index < -0.39 is 0 Å². The molecule has 8 bridgehead atoms. The zero-order chi connectivity index (χ0) is 35.1. The number of hydrogen-bond acceptors (Lipinski definition) is 1. The number of fused-ring (bicyclic) bond motifs is 3. The van der Waals surface area contributed by atoms with Crippen LogP contribution in [0.4, 0.5) is 0 Å². The van der Waals surface area contributed by atoms with Crippen LogP contribution in [0.3, 0.4) is 0 Å². The second kappa shape index (κ2) is 10.9. The summed E-state index contributed by atoms with van der Waals surface area (Å²) < 4.78 is 0. The summed E-state index contributed by atoms with van der Waals surface area (Å²) in [5, 5.41) is 2.65. The summed E-state index contributed by atoms with van der Waals surface area (Å²) in [7, 11) is 0. The van der Waals surface area contributed by atoms with Gasteiger partial charge in [0.15, 0.2) is 0 Å². The van der Waals surface area contributed by atoms with Gasteiger partial charge in [0, 0.05) is 22.1 Å². The first kappa shape index (κ1) is 30.1. The molecule has 15 rings (SSSR count). The lowest BCUT2D eigenvalue weighted by molar-refractivity contribution is -0.220. The lowest BCUT2D eigenvalue weighted by atomic mass is 9.30. The quantitative estimate of drug-likeness (QED) is 0.175. The third kappa shape index (κ3) is 3.98. The van der Waals surface area contributed by atoms with Crippen LogP contribution in [-0.4, -0.2) is 4.98 Å². The molecule has 0 amide bonds. The van der Waals surface area contributed by atoms with Crippen molar-refractivity contribution >= 4 is 10.8 Å². The van der Waals surface area contributed by atoms with Crippen LogP contribution >= 0.6 is 0 Å². The molecule has 1 nitrogen and oxygen atoms in total. The predicted molar refractivity (Wildman–Crippen MR) is 222 cm³/mol. The van der Waals surface area contributed by atoms with Crippen LogP contribution in [0, 0.1) is 41.4 Å². The fourth-order valence-electron chi connectivity index (χ4n) is 14.0. The lowest BCUT2D eigenvalue weighted by Gasteiger charge is -2.74. The van der Waals surface area contributed by atoms with Crippen LogP contribution < -0.4 is 0 Å². The summed E-state index contributed by atoms with van der Waals surface area (Å²) in [4.78, 5) is 5.32. The van der Waals surface area contributed by atoms with Gasteiger partial charge in [0.05, 0.1) is 11.4 Å². The van der Waals surface area contributed by atoms with E-state index in [1.807, 2.05) is 0 Å². The Morgan fingerprint density at radius 3 is 1.85 bits per heavy atom. The van der Waals surface area contributed by atoms with Crippen LogP contribution in [0.2, 0.25) is 0 Å². The van der Waals surface area contributed by atoms with Crippen molar-refractivity contribution in [2.75, 3.05) is 0 Å². The van der Waals surface area contributed by atoms with Crippen molar-refractivity contribution in [3.8, 4) is 67.0 Å². The largest absolute Gasteiger partial charge is 0.247 e. The Labute approximate surface area is 318 Å². The van der Waals surface area contributed by atoms with E-state index in [2.05, 4.69) is 146 Å². The highest BCUT2D eigenvalue weighted by atomic mass is 14.7. The first-order valence-electron chi connectivity index (χ1n) is 20.6. The minimum Gasteiger partial charge on any atom is -0.247 e. The van der Waals surface area contributed by atoms with E-state index >= 15 is 0 Å². The van der Waals surface area contributed by atoms with Crippen molar-refractivity contribution in [3.05, 3.63) is 151 Å². The first-order chi connectivity index (χ1) is 26.7. The fraction of sp³-hybridized carbons (Fsp3) is 0.264. The molecule has 54 heavy (non-hydrogen) atoms. The van der Waals surface area contributed by atoms with E-state index in [0.717, 1.165) is 63.9 Å². The Balaban J connectivity index is 0.888. The summed E-state index contributed by atoms with van der Waals surface area (Å²) >= 11 is 0. The van der Waals surface area contributed by atoms with Crippen molar-refractivity contribution in [3.63, 3.8) is 0 Å². The van der Waals surface area contributed by atoms with Gasteiger partial charge in [0.1, 0.15) is 0 Å². The van der Waals surface area contributed by atoms with Crippen molar-refractivity contribution in [2.24, 2.45) is 41.4 Å². The van der Waals surface area contributed by atoms with E-state index in [1.54, 1.807) is 24.8 Å². The lowest BCUT2D eigenvalue weighted by Crippen LogP contribution is -2.69. The molecule has 1 aromatic heterocycles. The van der Waals surface area contributed by atoms with Crippen molar-refractivity contribution in [1.29, 1.82) is 0 Å². The third-order valence-electron chi connectivity index (χ3n) is 15.8. The van der Waals surface area contributed by atoms with Gasteiger partial charge in [-0.1, -0.05) is 127 Å². The molecule has 0 spiro atoms. The molecule has 1 heteroatoms. The number of nitrogens with zero attached hydrogens (tertiary/aromatic N) is 1. The zero-order valence-corrected chi connectivity index (χ0v) is 30.6. The van der Waals surface area contributed by atoms with Crippen LogP contribution in [0.1, 0.15) is 44.1 Å². The molecule has 7 fully saturated rings. The molecule has 260 valence electrons. The minimum atomic E-state index is 0.465. The second-order valence-corrected chi connectivity index (χ2v) is 17.9. The first-order valence-corrected chi connectivity index (χ1v) is 20.6. The maximum atomic E-state index is 5.32. The highest BCUT2D eigenvalue weighted by Gasteiger charge is 2.70. The second-order valence-electron chi connectivity index (χ2n) is 17.9. The monoisotopic (exact) mass is 693 g/mol. The zero-order valence-electron chi connectivity index (χ0n) is 30.6. The average Bonchev–Trinajstić information content (AvgIpc) is 3.57. The topological polar surface area (TPSA) is 12.9 Å². The van der Waals surface area contributed by atoms with E-state index in [0.29, 0.717) is 5.41 Å². The molecule has 7 aromatic rings. The molecular weight excluding hydrogens is 651 g/mol. The van der Waals surface area contributed by atoms with Gasteiger partial charge in [0.2, 0.25) is 0 Å². The highest BCUT2D eigenvalue weighted by Crippen LogP contribution is 2.76. The summed E-state index contributed by atoms with van der Waals surface area (Å²) in [6.45, 7) is 0. The van der Waals surface area contributed by atoms with Crippen LogP contribution in [0.25, 0.3) is 77.8 Å².